The van der Waals surface area contributed by atoms with Gasteiger partial charge in [-0.2, -0.15) is 0 Å². The van der Waals surface area contributed by atoms with Gasteiger partial charge in [0.2, 0.25) is 0 Å². The van der Waals surface area contributed by atoms with E-state index in [0.717, 1.165) is 17.5 Å². The number of aromatic hydroxyl groups is 1. The zero-order valence-electron chi connectivity index (χ0n) is 11.7. The molecule has 20 heavy (non-hydrogen) atoms. The molecule has 0 saturated carbocycles. The van der Waals surface area contributed by atoms with E-state index in [2.05, 4.69) is 17.4 Å². The number of hydrogen-bond acceptors (Lipinski definition) is 3. The molecule has 2 atom stereocenters. The summed E-state index contributed by atoms with van der Waals surface area (Å²) >= 11 is 0. The fourth-order valence-corrected chi connectivity index (χ4v) is 2.14. The molecule has 3 heteroatoms. The van der Waals surface area contributed by atoms with Gasteiger partial charge < -0.3 is 15.5 Å². The number of aliphatic hydroxyl groups is 1. The summed E-state index contributed by atoms with van der Waals surface area (Å²) in [6.07, 6.45) is 0.378. The van der Waals surface area contributed by atoms with E-state index in [1.54, 1.807) is 12.1 Å². The van der Waals surface area contributed by atoms with Crippen molar-refractivity contribution in [2.45, 2.75) is 25.5 Å². The van der Waals surface area contributed by atoms with Crippen LogP contribution in [0.2, 0.25) is 0 Å². The Morgan fingerprint density at radius 3 is 2.15 bits per heavy atom. The zero-order valence-corrected chi connectivity index (χ0v) is 11.7. The number of rotatable bonds is 6. The number of hydrogen-bond donors (Lipinski definition) is 3. The van der Waals surface area contributed by atoms with Gasteiger partial charge in [0.1, 0.15) is 5.75 Å². The quantitative estimate of drug-likeness (QED) is 0.757. The number of phenolic OH excluding ortho intramolecular Hbond substituents is 1. The maximum atomic E-state index is 9.74. The molecule has 0 amide bonds. The monoisotopic (exact) mass is 271 g/mol. The third-order valence-electron chi connectivity index (χ3n) is 3.39. The van der Waals surface area contributed by atoms with E-state index >= 15 is 0 Å². The van der Waals surface area contributed by atoms with Crippen molar-refractivity contribution in [1.82, 2.24) is 5.32 Å². The summed E-state index contributed by atoms with van der Waals surface area (Å²) in [6, 6.07) is 17.3. The molecule has 0 aromatic heterocycles. The molecule has 2 aromatic rings. The van der Waals surface area contributed by atoms with Crippen LogP contribution in [0.15, 0.2) is 54.6 Å². The van der Waals surface area contributed by atoms with E-state index in [1.807, 2.05) is 37.3 Å². The fraction of sp³-hybridized carbons (Fsp3) is 0.294. The molecule has 0 aliphatic carbocycles. The Hall–Kier alpha value is -1.84. The summed E-state index contributed by atoms with van der Waals surface area (Å²) in [7, 11) is 0. The highest BCUT2D eigenvalue weighted by Gasteiger charge is 2.14. The van der Waals surface area contributed by atoms with Gasteiger partial charge in [-0.05, 0) is 29.7 Å². The number of nitrogens with one attached hydrogen (secondary N) is 1. The Kier molecular flexibility index (Phi) is 5.16. The molecule has 0 aliphatic heterocycles. The molecule has 2 unspecified atom stereocenters. The van der Waals surface area contributed by atoms with E-state index in [-0.39, 0.29) is 17.9 Å². The molecular formula is C17H21NO2. The van der Waals surface area contributed by atoms with Crippen molar-refractivity contribution in [3.05, 3.63) is 65.7 Å². The number of phenols is 1. The van der Waals surface area contributed by atoms with Crippen LogP contribution in [-0.4, -0.2) is 22.9 Å². The summed E-state index contributed by atoms with van der Waals surface area (Å²) < 4.78 is 0. The molecule has 2 rings (SSSR count). The second kappa shape index (κ2) is 7.08. The predicted molar refractivity (Wildman–Crippen MR) is 80.7 cm³/mol. The molecule has 0 fully saturated rings. The Bertz CT molecular complexity index is 510. The smallest absolute Gasteiger partial charge is 0.115 e. The van der Waals surface area contributed by atoms with Crippen molar-refractivity contribution in [3.63, 3.8) is 0 Å². The van der Waals surface area contributed by atoms with Crippen LogP contribution in [0.25, 0.3) is 0 Å². The topological polar surface area (TPSA) is 52.5 Å². The van der Waals surface area contributed by atoms with E-state index in [4.69, 9.17) is 0 Å². The molecular weight excluding hydrogens is 250 g/mol. The predicted octanol–water partition coefficient (Wildman–Crippen LogP) is 2.84. The first-order valence-electron chi connectivity index (χ1n) is 6.96. The number of benzene rings is 2. The van der Waals surface area contributed by atoms with Crippen molar-refractivity contribution < 1.29 is 10.2 Å². The van der Waals surface area contributed by atoms with Crippen LogP contribution in [-0.2, 0) is 0 Å². The van der Waals surface area contributed by atoms with Crippen LogP contribution in [0.4, 0.5) is 0 Å². The largest absolute Gasteiger partial charge is 0.508 e. The van der Waals surface area contributed by atoms with Gasteiger partial charge in [-0.25, -0.2) is 0 Å². The van der Waals surface area contributed by atoms with Crippen LogP contribution in [0.1, 0.15) is 30.5 Å². The second-order valence-corrected chi connectivity index (χ2v) is 4.91. The third kappa shape index (κ3) is 3.83. The van der Waals surface area contributed by atoms with Crippen LogP contribution >= 0.6 is 0 Å². The fourth-order valence-electron chi connectivity index (χ4n) is 2.14. The molecule has 2 aromatic carbocycles. The lowest BCUT2D eigenvalue weighted by atomic mass is 9.98. The summed E-state index contributed by atoms with van der Waals surface area (Å²) in [5.74, 6) is 0.258. The van der Waals surface area contributed by atoms with Crippen LogP contribution in [0.3, 0.4) is 0 Å². The highest BCUT2D eigenvalue weighted by molar-refractivity contribution is 5.34. The molecule has 0 heterocycles. The Balaban J connectivity index is 2.22. The highest BCUT2D eigenvalue weighted by Crippen LogP contribution is 2.23. The van der Waals surface area contributed by atoms with Gasteiger partial charge in [0, 0.05) is 6.54 Å². The molecule has 0 spiro atoms. The minimum absolute atomic E-state index is 0.0120. The first-order chi connectivity index (χ1) is 9.70. The maximum absolute atomic E-state index is 9.74. The highest BCUT2D eigenvalue weighted by atomic mass is 16.3. The molecule has 106 valence electrons. The van der Waals surface area contributed by atoms with E-state index in [1.165, 1.54) is 0 Å². The van der Waals surface area contributed by atoms with Gasteiger partial charge in [0.25, 0.3) is 0 Å². The summed E-state index contributed by atoms with van der Waals surface area (Å²) in [4.78, 5) is 0. The zero-order chi connectivity index (χ0) is 14.4. The second-order valence-electron chi connectivity index (χ2n) is 4.91. The third-order valence-corrected chi connectivity index (χ3v) is 3.39. The van der Waals surface area contributed by atoms with Crippen LogP contribution in [0, 0.1) is 0 Å². The van der Waals surface area contributed by atoms with Gasteiger partial charge in [0.15, 0.2) is 0 Å². The number of aliphatic hydroxyl groups excluding tert-OH is 1. The normalized spacial score (nSPS) is 13.9. The Morgan fingerprint density at radius 1 is 0.950 bits per heavy atom. The van der Waals surface area contributed by atoms with Crippen molar-refractivity contribution in [2.24, 2.45) is 0 Å². The molecule has 0 saturated heterocycles. The van der Waals surface area contributed by atoms with Gasteiger partial charge >= 0.3 is 0 Å². The van der Waals surface area contributed by atoms with Gasteiger partial charge in [-0.3, -0.25) is 0 Å². The average Bonchev–Trinajstić information content (AvgIpc) is 2.50. The van der Waals surface area contributed by atoms with E-state index < -0.39 is 0 Å². The summed E-state index contributed by atoms with van der Waals surface area (Å²) in [6.45, 7) is 2.50. The maximum Gasteiger partial charge on any atom is 0.115 e. The van der Waals surface area contributed by atoms with Gasteiger partial charge in [0.05, 0.1) is 12.1 Å². The first kappa shape index (κ1) is 14.6. The molecule has 0 aliphatic rings. The van der Waals surface area contributed by atoms with Crippen LogP contribution < -0.4 is 5.32 Å². The Labute approximate surface area is 119 Å². The van der Waals surface area contributed by atoms with Crippen molar-refractivity contribution in [3.8, 4) is 5.75 Å². The molecule has 0 bridgehead atoms. The van der Waals surface area contributed by atoms with Gasteiger partial charge in [-0.1, -0.05) is 49.4 Å². The lowest BCUT2D eigenvalue weighted by Gasteiger charge is -2.21. The van der Waals surface area contributed by atoms with E-state index in [9.17, 15) is 10.2 Å². The van der Waals surface area contributed by atoms with Crippen LogP contribution in [0.5, 0.6) is 5.75 Å². The van der Waals surface area contributed by atoms with Crippen molar-refractivity contribution in [2.75, 3.05) is 6.54 Å². The molecule has 0 radical (unpaired) electrons. The minimum Gasteiger partial charge on any atom is -0.508 e. The standard InChI is InChI=1S/C17H21NO2/c1-2-15(19)12-18-17(13-6-4-3-5-7-13)14-8-10-16(20)11-9-14/h3-11,15,17-20H,2,12H2,1H3. The van der Waals surface area contributed by atoms with Crippen molar-refractivity contribution >= 4 is 0 Å². The lowest BCUT2D eigenvalue weighted by molar-refractivity contribution is 0.165. The van der Waals surface area contributed by atoms with Gasteiger partial charge in [-0.15, -0.1) is 0 Å². The molecule has 3 nitrogen and oxygen atoms in total. The van der Waals surface area contributed by atoms with Crippen molar-refractivity contribution in [1.29, 1.82) is 0 Å². The first-order valence-corrected chi connectivity index (χ1v) is 6.96. The average molecular weight is 271 g/mol. The Morgan fingerprint density at radius 2 is 1.55 bits per heavy atom. The summed E-state index contributed by atoms with van der Waals surface area (Å²) in [5, 5.41) is 22.5. The SMILES string of the molecule is CCC(O)CNC(c1ccccc1)c1ccc(O)cc1. The van der Waals surface area contributed by atoms with E-state index in [0.29, 0.717) is 6.54 Å². The summed E-state index contributed by atoms with van der Waals surface area (Å²) in [5.41, 5.74) is 2.21. The lowest BCUT2D eigenvalue weighted by Crippen LogP contribution is -2.30. The minimum atomic E-state index is -0.349. The molecule has 3 N–H and O–H groups in total.